The molecule has 0 aliphatic carbocycles. The van der Waals surface area contributed by atoms with Gasteiger partial charge in [-0.15, -0.1) is 0 Å². The number of methoxy groups -OCH3 is 1. The van der Waals surface area contributed by atoms with Gasteiger partial charge in [0.25, 0.3) is 0 Å². The largest absolute Gasteiger partial charge is 0.490 e. The van der Waals surface area contributed by atoms with E-state index in [1.165, 1.54) is 13.2 Å². The molecule has 0 saturated heterocycles. The number of nitro benzene ring substituents is 1. The monoisotopic (exact) mass is 282 g/mol. The summed E-state index contributed by atoms with van der Waals surface area (Å²) >= 11 is 0. The zero-order chi connectivity index (χ0) is 14.8. The van der Waals surface area contributed by atoms with Gasteiger partial charge in [0.1, 0.15) is 0 Å². The summed E-state index contributed by atoms with van der Waals surface area (Å²) in [5.74, 6) is 0.263. The van der Waals surface area contributed by atoms with Crippen molar-refractivity contribution in [2.75, 3.05) is 32.2 Å². The first kappa shape index (κ1) is 16.2. The second-order valence-corrected chi connectivity index (χ2v) is 4.39. The molecule has 0 radical (unpaired) electrons. The fourth-order valence-electron chi connectivity index (χ4n) is 1.69. The Hall–Kier alpha value is -1.82. The van der Waals surface area contributed by atoms with Crippen LogP contribution in [0.4, 0.5) is 11.4 Å². The summed E-state index contributed by atoms with van der Waals surface area (Å²) in [6, 6.07) is 4.76. The molecule has 6 nitrogen and oxygen atoms in total. The number of benzene rings is 1. The third-order valence-corrected chi connectivity index (χ3v) is 2.81. The van der Waals surface area contributed by atoms with E-state index < -0.39 is 4.92 Å². The number of nitrogens with zero attached hydrogens (tertiary/aromatic N) is 1. The number of unbranched alkanes of at least 4 members (excludes halogenated alkanes) is 1. The summed E-state index contributed by atoms with van der Waals surface area (Å²) in [5, 5.41) is 14.0. The van der Waals surface area contributed by atoms with E-state index in [9.17, 15) is 10.1 Å². The van der Waals surface area contributed by atoms with Gasteiger partial charge in [-0.2, -0.15) is 0 Å². The normalized spacial score (nSPS) is 10.3. The third kappa shape index (κ3) is 5.44. The maximum absolute atomic E-state index is 10.8. The van der Waals surface area contributed by atoms with Gasteiger partial charge in [-0.3, -0.25) is 10.1 Å². The number of nitrogens with one attached hydrogen (secondary N) is 1. The van der Waals surface area contributed by atoms with Crippen molar-refractivity contribution in [3.05, 3.63) is 28.3 Å². The maximum Gasteiger partial charge on any atom is 0.311 e. The van der Waals surface area contributed by atoms with Crippen LogP contribution in [0, 0.1) is 10.1 Å². The van der Waals surface area contributed by atoms with E-state index in [4.69, 9.17) is 9.47 Å². The number of nitro groups is 1. The lowest BCUT2D eigenvalue weighted by atomic mass is 10.2. The Balaban J connectivity index is 2.35. The predicted octanol–water partition coefficient (Wildman–Crippen LogP) is 3.22. The van der Waals surface area contributed by atoms with Crippen LogP contribution in [0.25, 0.3) is 0 Å². The average molecular weight is 282 g/mol. The van der Waals surface area contributed by atoms with E-state index >= 15 is 0 Å². The Morgan fingerprint density at radius 2 is 2.05 bits per heavy atom. The highest BCUT2D eigenvalue weighted by Crippen LogP contribution is 2.29. The fourth-order valence-corrected chi connectivity index (χ4v) is 1.69. The standard InChI is InChI=1S/C14H22N2O4/c1-3-4-9-20-10-5-8-15-12-6-7-13(16(17)18)14(11-12)19-2/h6-7,11,15H,3-5,8-10H2,1-2H3. The van der Waals surface area contributed by atoms with Crippen molar-refractivity contribution in [2.45, 2.75) is 26.2 Å². The molecule has 1 rings (SSSR count). The highest BCUT2D eigenvalue weighted by molar-refractivity contribution is 5.57. The molecule has 1 aromatic rings. The second-order valence-electron chi connectivity index (χ2n) is 4.39. The Bertz CT molecular complexity index is 424. The molecule has 0 aliphatic heterocycles. The van der Waals surface area contributed by atoms with E-state index in [1.54, 1.807) is 12.1 Å². The van der Waals surface area contributed by atoms with Gasteiger partial charge in [0.2, 0.25) is 0 Å². The van der Waals surface area contributed by atoms with Crippen molar-refractivity contribution in [2.24, 2.45) is 0 Å². The summed E-state index contributed by atoms with van der Waals surface area (Å²) in [6.07, 6.45) is 3.12. The molecule has 1 N–H and O–H groups in total. The smallest absolute Gasteiger partial charge is 0.311 e. The molecule has 20 heavy (non-hydrogen) atoms. The van der Waals surface area contributed by atoms with Crippen LogP contribution < -0.4 is 10.1 Å². The fraction of sp³-hybridized carbons (Fsp3) is 0.571. The Morgan fingerprint density at radius 3 is 2.70 bits per heavy atom. The van der Waals surface area contributed by atoms with Crippen molar-refractivity contribution in [1.29, 1.82) is 0 Å². The van der Waals surface area contributed by atoms with Crippen LogP contribution in [-0.2, 0) is 4.74 Å². The molecular weight excluding hydrogens is 260 g/mol. The molecule has 0 heterocycles. The topological polar surface area (TPSA) is 73.6 Å². The van der Waals surface area contributed by atoms with E-state index in [0.29, 0.717) is 0 Å². The van der Waals surface area contributed by atoms with Crippen LogP contribution in [0.15, 0.2) is 18.2 Å². The number of anilines is 1. The van der Waals surface area contributed by atoms with Crippen LogP contribution in [0.3, 0.4) is 0 Å². The van der Waals surface area contributed by atoms with Gasteiger partial charge in [0.05, 0.1) is 12.0 Å². The van der Waals surface area contributed by atoms with Crippen LogP contribution in [-0.4, -0.2) is 31.8 Å². The van der Waals surface area contributed by atoms with E-state index in [2.05, 4.69) is 12.2 Å². The zero-order valence-corrected chi connectivity index (χ0v) is 12.1. The molecular formula is C14H22N2O4. The minimum absolute atomic E-state index is 0.0269. The lowest BCUT2D eigenvalue weighted by Crippen LogP contribution is -2.06. The summed E-state index contributed by atoms with van der Waals surface area (Å²) in [6.45, 7) is 4.42. The highest BCUT2D eigenvalue weighted by atomic mass is 16.6. The highest BCUT2D eigenvalue weighted by Gasteiger charge is 2.14. The van der Waals surface area contributed by atoms with Crippen molar-refractivity contribution in [3.63, 3.8) is 0 Å². The van der Waals surface area contributed by atoms with Gasteiger partial charge >= 0.3 is 5.69 Å². The summed E-state index contributed by atoms with van der Waals surface area (Å²) in [4.78, 5) is 10.3. The van der Waals surface area contributed by atoms with Crippen LogP contribution in [0.2, 0.25) is 0 Å². The molecule has 1 aromatic carbocycles. The summed E-state index contributed by atoms with van der Waals surface area (Å²) < 4.78 is 10.5. The molecule has 6 heteroatoms. The van der Waals surface area contributed by atoms with Crippen molar-refractivity contribution < 1.29 is 14.4 Å². The van der Waals surface area contributed by atoms with Crippen LogP contribution >= 0.6 is 0 Å². The Kier molecular flexibility index (Phi) is 7.42. The van der Waals surface area contributed by atoms with E-state index in [1.807, 2.05) is 0 Å². The van der Waals surface area contributed by atoms with Gasteiger partial charge < -0.3 is 14.8 Å². The SMILES string of the molecule is CCCCOCCCNc1ccc([N+](=O)[O-])c(OC)c1. The zero-order valence-electron chi connectivity index (χ0n) is 12.1. The molecule has 0 atom stereocenters. The van der Waals surface area contributed by atoms with E-state index in [-0.39, 0.29) is 11.4 Å². The molecule has 112 valence electrons. The molecule has 0 aliphatic rings. The molecule has 0 spiro atoms. The van der Waals surface area contributed by atoms with Crippen molar-refractivity contribution >= 4 is 11.4 Å². The number of ether oxygens (including phenoxy) is 2. The molecule has 0 amide bonds. The predicted molar refractivity (Wildman–Crippen MR) is 78.5 cm³/mol. The second kappa shape index (κ2) is 9.14. The van der Waals surface area contributed by atoms with E-state index in [0.717, 1.165) is 44.7 Å². The number of rotatable bonds is 10. The summed E-state index contributed by atoms with van der Waals surface area (Å²) in [5.41, 5.74) is 0.780. The molecule has 0 unspecified atom stereocenters. The average Bonchev–Trinajstić information content (AvgIpc) is 2.45. The van der Waals surface area contributed by atoms with Gasteiger partial charge in [0.15, 0.2) is 5.75 Å². The van der Waals surface area contributed by atoms with Gasteiger partial charge in [-0.05, 0) is 18.9 Å². The lowest BCUT2D eigenvalue weighted by molar-refractivity contribution is -0.385. The van der Waals surface area contributed by atoms with Gasteiger partial charge in [-0.1, -0.05) is 13.3 Å². The Morgan fingerprint density at radius 1 is 1.30 bits per heavy atom. The Labute approximate surface area is 119 Å². The third-order valence-electron chi connectivity index (χ3n) is 2.81. The minimum Gasteiger partial charge on any atom is -0.490 e. The summed E-state index contributed by atoms with van der Waals surface area (Å²) in [7, 11) is 1.42. The minimum atomic E-state index is -0.454. The molecule has 0 fully saturated rings. The van der Waals surface area contributed by atoms with Crippen LogP contribution in [0.1, 0.15) is 26.2 Å². The first-order valence-corrected chi connectivity index (χ1v) is 6.83. The van der Waals surface area contributed by atoms with Crippen molar-refractivity contribution in [1.82, 2.24) is 0 Å². The lowest BCUT2D eigenvalue weighted by Gasteiger charge is -2.08. The molecule has 0 bridgehead atoms. The maximum atomic E-state index is 10.8. The first-order chi connectivity index (χ1) is 9.69. The van der Waals surface area contributed by atoms with Gasteiger partial charge in [-0.25, -0.2) is 0 Å². The number of hydrogen-bond donors (Lipinski definition) is 1. The van der Waals surface area contributed by atoms with Crippen molar-refractivity contribution in [3.8, 4) is 5.75 Å². The number of hydrogen-bond acceptors (Lipinski definition) is 5. The van der Waals surface area contributed by atoms with Gasteiger partial charge in [0, 0.05) is 37.6 Å². The quantitative estimate of drug-likeness (QED) is 0.405. The first-order valence-electron chi connectivity index (χ1n) is 6.83. The molecule has 0 saturated carbocycles. The molecule has 0 aromatic heterocycles. The van der Waals surface area contributed by atoms with Crippen LogP contribution in [0.5, 0.6) is 5.75 Å².